The molecule has 19 heavy (non-hydrogen) atoms. The SMILES string of the molecule is CN(Cc1cccc(Br)c1)C(=O)Cn1cnc(N)n1. The summed E-state index contributed by atoms with van der Waals surface area (Å²) < 4.78 is 2.42. The molecule has 2 aromatic rings. The van der Waals surface area contributed by atoms with Gasteiger partial charge in [-0.3, -0.25) is 4.79 Å². The zero-order valence-corrected chi connectivity index (χ0v) is 12.0. The number of carbonyl (C=O) groups is 1. The monoisotopic (exact) mass is 323 g/mol. The summed E-state index contributed by atoms with van der Waals surface area (Å²) in [6.07, 6.45) is 1.44. The highest BCUT2D eigenvalue weighted by Crippen LogP contribution is 2.13. The molecule has 2 rings (SSSR count). The van der Waals surface area contributed by atoms with E-state index in [2.05, 4.69) is 26.0 Å². The van der Waals surface area contributed by atoms with Crippen LogP contribution in [0.15, 0.2) is 35.1 Å². The topological polar surface area (TPSA) is 77.0 Å². The Labute approximate surface area is 119 Å². The number of benzene rings is 1. The van der Waals surface area contributed by atoms with Crippen LogP contribution in [0.25, 0.3) is 0 Å². The molecule has 0 unspecified atom stereocenters. The van der Waals surface area contributed by atoms with Gasteiger partial charge < -0.3 is 10.6 Å². The summed E-state index contributed by atoms with van der Waals surface area (Å²) in [6, 6.07) is 7.85. The lowest BCUT2D eigenvalue weighted by molar-refractivity contribution is -0.131. The Morgan fingerprint density at radius 1 is 1.53 bits per heavy atom. The average molecular weight is 324 g/mol. The van der Waals surface area contributed by atoms with Crippen molar-refractivity contribution in [2.24, 2.45) is 0 Å². The Hall–Kier alpha value is -1.89. The van der Waals surface area contributed by atoms with Crippen LogP contribution in [0.2, 0.25) is 0 Å². The van der Waals surface area contributed by atoms with Gasteiger partial charge in [-0.05, 0) is 17.7 Å². The molecule has 7 heteroatoms. The van der Waals surface area contributed by atoms with Gasteiger partial charge in [0, 0.05) is 18.1 Å². The number of likely N-dealkylation sites (N-methyl/N-ethyl adjacent to an activating group) is 1. The number of hydrogen-bond acceptors (Lipinski definition) is 4. The van der Waals surface area contributed by atoms with Crippen molar-refractivity contribution >= 4 is 27.8 Å². The quantitative estimate of drug-likeness (QED) is 0.919. The van der Waals surface area contributed by atoms with Gasteiger partial charge in [-0.25, -0.2) is 9.67 Å². The van der Waals surface area contributed by atoms with Gasteiger partial charge in [0.25, 0.3) is 0 Å². The summed E-state index contributed by atoms with van der Waals surface area (Å²) in [5.41, 5.74) is 6.46. The summed E-state index contributed by atoms with van der Waals surface area (Å²) in [5, 5.41) is 3.88. The Balaban J connectivity index is 1.96. The first-order valence-corrected chi connectivity index (χ1v) is 6.47. The maximum atomic E-state index is 12.0. The van der Waals surface area contributed by atoms with Crippen molar-refractivity contribution < 1.29 is 4.79 Å². The number of halogens is 1. The fourth-order valence-corrected chi connectivity index (χ4v) is 2.09. The van der Waals surface area contributed by atoms with E-state index in [-0.39, 0.29) is 18.4 Å². The van der Waals surface area contributed by atoms with E-state index in [1.165, 1.54) is 11.0 Å². The average Bonchev–Trinajstić information content (AvgIpc) is 2.74. The van der Waals surface area contributed by atoms with Gasteiger partial charge in [0.05, 0.1) is 0 Å². The second-order valence-electron chi connectivity index (χ2n) is 4.18. The number of carbonyl (C=O) groups excluding carboxylic acids is 1. The number of rotatable bonds is 4. The highest BCUT2D eigenvalue weighted by Gasteiger charge is 2.11. The van der Waals surface area contributed by atoms with Gasteiger partial charge in [0.1, 0.15) is 12.9 Å². The minimum Gasteiger partial charge on any atom is -0.367 e. The summed E-state index contributed by atoms with van der Waals surface area (Å²) in [6.45, 7) is 0.678. The Morgan fingerprint density at radius 3 is 2.95 bits per heavy atom. The van der Waals surface area contributed by atoms with Crippen molar-refractivity contribution in [3.8, 4) is 0 Å². The maximum Gasteiger partial charge on any atom is 0.244 e. The number of hydrogen-bond donors (Lipinski definition) is 1. The van der Waals surface area contributed by atoms with Gasteiger partial charge in [-0.2, -0.15) is 0 Å². The van der Waals surface area contributed by atoms with Crippen LogP contribution in [0.3, 0.4) is 0 Å². The van der Waals surface area contributed by atoms with E-state index < -0.39 is 0 Å². The van der Waals surface area contributed by atoms with Gasteiger partial charge in [0.15, 0.2) is 0 Å². The normalized spacial score (nSPS) is 10.4. The minimum absolute atomic E-state index is 0.0510. The molecule has 1 aromatic carbocycles. The van der Waals surface area contributed by atoms with E-state index in [4.69, 9.17) is 5.73 Å². The first-order chi connectivity index (χ1) is 9.04. The molecule has 2 N–H and O–H groups in total. The van der Waals surface area contributed by atoms with Gasteiger partial charge in [-0.15, -0.1) is 5.10 Å². The van der Waals surface area contributed by atoms with Gasteiger partial charge in [0.2, 0.25) is 11.9 Å². The Kier molecular flexibility index (Phi) is 4.16. The fourth-order valence-electron chi connectivity index (χ4n) is 1.64. The van der Waals surface area contributed by atoms with Gasteiger partial charge in [-0.1, -0.05) is 28.1 Å². The number of anilines is 1. The molecule has 6 nitrogen and oxygen atoms in total. The van der Waals surface area contributed by atoms with Crippen molar-refractivity contribution in [3.05, 3.63) is 40.6 Å². The van der Waals surface area contributed by atoms with E-state index >= 15 is 0 Å². The van der Waals surface area contributed by atoms with Gasteiger partial charge >= 0.3 is 0 Å². The number of amides is 1. The van der Waals surface area contributed by atoms with Crippen LogP contribution in [-0.2, 0) is 17.9 Å². The molecule has 0 aliphatic rings. The third-order valence-corrected chi connectivity index (χ3v) is 3.08. The molecule has 0 atom stereocenters. The zero-order valence-electron chi connectivity index (χ0n) is 10.5. The molecule has 0 radical (unpaired) electrons. The fraction of sp³-hybridized carbons (Fsp3) is 0.250. The summed E-state index contributed by atoms with van der Waals surface area (Å²) in [4.78, 5) is 17.4. The third kappa shape index (κ3) is 3.78. The van der Waals surface area contributed by atoms with E-state index in [1.807, 2.05) is 24.3 Å². The lowest BCUT2D eigenvalue weighted by atomic mass is 10.2. The molecule has 0 fully saturated rings. The Morgan fingerprint density at radius 2 is 2.32 bits per heavy atom. The van der Waals surface area contributed by atoms with Crippen LogP contribution in [0, 0.1) is 0 Å². The Bertz CT molecular complexity index is 583. The van der Waals surface area contributed by atoms with Crippen molar-refractivity contribution in [1.82, 2.24) is 19.7 Å². The molecule has 1 heterocycles. The van der Waals surface area contributed by atoms with E-state index in [9.17, 15) is 4.79 Å². The highest BCUT2D eigenvalue weighted by atomic mass is 79.9. The van der Waals surface area contributed by atoms with E-state index in [1.54, 1.807) is 11.9 Å². The lowest BCUT2D eigenvalue weighted by Crippen LogP contribution is -2.30. The molecule has 0 aliphatic heterocycles. The third-order valence-electron chi connectivity index (χ3n) is 2.59. The molecule has 0 bridgehead atoms. The maximum absolute atomic E-state index is 12.0. The number of nitrogen functional groups attached to an aromatic ring is 1. The van der Waals surface area contributed by atoms with Crippen LogP contribution in [0.1, 0.15) is 5.56 Å². The molecule has 1 amide bonds. The van der Waals surface area contributed by atoms with Crippen molar-refractivity contribution in [1.29, 1.82) is 0 Å². The first-order valence-electron chi connectivity index (χ1n) is 5.68. The molecule has 1 aromatic heterocycles. The molecule has 0 spiro atoms. The smallest absolute Gasteiger partial charge is 0.244 e. The number of nitrogens with zero attached hydrogens (tertiary/aromatic N) is 4. The second kappa shape index (κ2) is 5.83. The van der Waals surface area contributed by atoms with Crippen molar-refractivity contribution in [3.63, 3.8) is 0 Å². The summed E-state index contributed by atoms with van der Waals surface area (Å²) >= 11 is 3.41. The van der Waals surface area contributed by atoms with Crippen molar-refractivity contribution in [2.45, 2.75) is 13.1 Å². The molecular formula is C12H14BrN5O. The second-order valence-corrected chi connectivity index (χ2v) is 5.10. The lowest BCUT2D eigenvalue weighted by Gasteiger charge is -2.17. The van der Waals surface area contributed by atoms with Crippen molar-refractivity contribution in [2.75, 3.05) is 12.8 Å². The molecule has 0 aliphatic carbocycles. The molecule has 0 saturated heterocycles. The predicted octanol–water partition coefficient (Wildman–Crippen LogP) is 1.28. The predicted molar refractivity (Wildman–Crippen MR) is 75.1 cm³/mol. The van der Waals surface area contributed by atoms with E-state index in [0.29, 0.717) is 6.54 Å². The van der Waals surface area contributed by atoms with Crippen LogP contribution in [-0.4, -0.2) is 32.6 Å². The van der Waals surface area contributed by atoms with Crippen LogP contribution in [0.5, 0.6) is 0 Å². The first kappa shape index (κ1) is 13.5. The summed E-state index contributed by atoms with van der Waals surface area (Å²) in [5.74, 6) is 0.118. The van der Waals surface area contributed by atoms with Crippen LogP contribution >= 0.6 is 15.9 Å². The largest absolute Gasteiger partial charge is 0.367 e. The van der Waals surface area contributed by atoms with Crippen LogP contribution < -0.4 is 5.73 Å². The zero-order chi connectivity index (χ0) is 13.8. The molecule has 0 saturated carbocycles. The minimum atomic E-state index is -0.0510. The van der Waals surface area contributed by atoms with E-state index in [0.717, 1.165) is 10.0 Å². The number of nitrogens with two attached hydrogens (primary N) is 1. The highest BCUT2D eigenvalue weighted by molar-refractivity contribution is 9.10. The summed E-state index contributed by atoms with van der Waals surface area (Å²) in [7, 11) is 1.75. The standard InChI is InChI=1S/C12H14BrN5O/c1-17(6-9-3-2-4-10(13)5-9)11(19)7-18-8-15-12(14)16-18/h2-5,8H,6-7H2,1H3,(H2,14,16). The molecular weight excluding hydrogens is 310 g/mol. The number of aromatic nitrogens is 3. The van der Waals surface area contributed by atoms with Crippen LogP contribution in [0.4, 0.5) is 5.95 Å². The molecule has 100 valence electrons.